The van der Waals surface area contributed by atoms with Crippen LogP contribution in [-0.4, -0.2) is 12.5 Å². The summed E-state index contributed by atoms with van der Waals surface area (Å²) in [5.74, 6) is 0.206. The maximum atomic E-state index is 12.2. The standard InChI is InChI=1S/C14H13NOS/c16-14(10-12-5-3-9-17-12)15-8-7-11-4-1-2-6-13(11)15/h1-6,9H,7-8,10H2. The van der Waals surface area contributed by atoms with Gasteiger partial charge in [0.1, 0.15) is 0 Å². The fraction of sp³-hybridized carbons (Fsp3) is 0.214. The van der Waals surface area contributed by atoms with Crippen molar-refractivity contribution in [2.75, 3.05) is 11.4 Å². The molecule has 0 saturated carbocycles. The second-order valence-corrected chi connectivity index (χ2v) is 5.21. The molecule has 0 fully saturated rings. The molecule has 1 aliphatic rings. The van der Waals surface area contributed by atoms with Crippen LogP contribution in [0.2, 0.25) is 0 Å². The van der Waals surface area contributed by atoms with Crippen molar-refractivity contribution in [2.24, 2.45) is 0 Å². The van der Waals surface area contributed by atoms with Crippen LogP contribution >= 0.6 is 11.3 Å². The molecule has 0 unspecified atom stereocenters. The third-order valence-electron chi connectivity index (χ3n) is 3.09. The molecule has 3 heteroatoms. The van der Waals surface area contributed by atoms with Gasteiger partial charge < -0.3 is 4.90 Å². The van der Waals surface area contributed by atoms with Crippen molar-refractivity contribution in [2.45, 2.75) is 12.8 Å². The molecule has 2 nitrogen and oxygen atoms in total. The lowest BCUT2D eigenvalue weighted by Gasteiger charge is -2.16. The first-order valence-corrected chi connectivity index (χ1v) is 6.63. The monoisotopic (exact) mass is 243 g/mol. The fourth-order valence-corrected chi connectivity index (χ4v) is 2.95. The summed E-state index contributed by atoms with van der Waals surface area (Å²) in [5.41, 5.74) is 2.38. The largest absolute Gasteiger partial charge is 0.312 e. The molecule has 2 heterocycles. The highest BCUT2D eigenvalue weighted by atomic mass is 32.1. The lowest BCUT2D eigenvalue weighted by atomic mass is 10.2. The molecule has 0 radical (unpaired) electrons. The van der Waals surface area contributed by atoms with Crippen LogP contribution in [0, 0.1) is 0 Å². The Kier molecular flexibility index (Phi) is 2.69. The van der Waals surface area contributed by atoms with Gasteiger partial charge in [0.05, 0.1) is 6.42 Å². The summed E-state index contributed by atoms with van der Waals surface area (Å²) in [6, 6.07) is 12.2. The van der Waals surface area contributed by atoms with E-state index in [0.29, 0.717) is 6.42 Å². The fourth-order valence-electron chi connectivity index (χ4n) is 2.25. The van der Waals surface area contributed by atoms with Gasteiger partial charge in [-0.15, -0.1) is 11.3 Å². The van der Waals surface area contributed by atoms with Crippen LogP contribution in [0.5, 0.6) is 0 Å². The Labute approximate surface area is 105 Å². The van der Waals surface area contributed by atoms with E-state index in [-0.39, 0.29) is 5.91 Å². The van der Waals surface area contributed by atoms with E-state index in [1.165, 1.54) is 5.56 Å². The summed E-state index contributed by atoms with van der Waals surface area (Å²) < 4.78 is 0. The Morgan fingerprint density at radius 1 is 1.24 bits per heavy atom. The van der Waals surface area contributed by atoms with E-state index in [2.05, 4.69) is 6.07 Å². The van der Waals surface area contributed by atoms with E-state index in [1.807, 2.05) is 40.6 Å². The van der Waals surface area contributed by atoms with Gasteiger partial charge in [0.25, 0.3) is 0 Å². The maximum absolute atomic E-state index is 12.2. The molecule has 0 bridgehead atoms. The molecule has 0 saturated heterocycles. The molecule has 1 aromatic carbocycles. The number of hydrogen-bond acceptors (Lipinski definition) is 2. The Balaban J connectivity index is 1.80. The van der Waals surface area contributed by atoms with Gasteiger partial charge in [0.15, 0.2) is 0 Å². The number of benzene rings is 1. The van der Waals surface area contributed by atoms with Crippen molar-refractivity contribution in [1.29, 1.82) is 0 Å². The number of rotatable bonds is 2. The van der Waals surface area contributed by atoms with Gasteiger partial charge in [-0.3, -0.25) is 4.79 Å². The first kappa shape index (κ1) is 10.5. The minimum Gasteiger partial charge on any atom is -0.312 e. The van der Waals surface area contributed by atoms with Crippen molar-refractivity contribution in [3.05, 3.63) is 52.2 Å². The van der Waals surface area contributed by atoms with Crippen LogP contribution in [0.25, 0.3) is 0 Å². The molecule has 17 heavy (non-hydrogen) atoms. The normalized spacial score (nSPS) is 13.8. The molecule has 0 spiro atoms. The second kappa shape index (κ2) is 4.34. The summed E-state index contributed by atoms with van der Waals surface area (Å²) in [7, 11) is 0. The summed E-state index contributed by atoms with van der Waals surface area (Å²) >= 11 is 1.64. The van der Waals surface area contributed by atoms with Crippen LogP contribution in [0.3, 0.4) is 0 Å². The summed E-state index contributed by atoms with van der Waals surface area (Å²) in [6.45, 7) is 0.823. The summed E-state index contributed by atoms with van der Waals surface area (Å²) in [5, 5.41) is 2.01. The number of nitrogens with zero attached hydrogens (tertiary/aromatic N) is 1. The van der Waals surface area contributed by atoms with Gasteiger partial charge in [-0.2, -0.15) is 0 Å². The third kappa shape index (κ3) is 1.98. The van der Waals surface area contributed by atoms with Crippen molar-refractivity contribution < 1.29 is 4.79 Å². The van der Waals surface area contributed by atoms with E-state index in [0.717, 1.165) is 23.5 Å². The zero-order chi connectivity index (χ0) is 11.7. The van der Waals surface area contributed by atoms with Crippen LogP contribution in [0.15, 0.2) is 41.8 Å². The predicted molar refractivity (Wildman–Crippen MR) is 70.5 cm³/mol. The zero-order valence-electron chi connectivity index (χ0n) is 9.43. The molecule has 2 aromatic rings. The highest BCUT2D eigenvalue weighted by Gasteiger charge is 2.23. The first-order chi connectivity index (χ1) is 8.34. The van der Waals surface area contributed by atoms with E-state index in [4.69, 9.17) is 0 Å². The number of fused-ring (bicyclic) bond motifs is 1. The van der Waals surface area contributed by atoms with Crippen molar-refractivity contribution >= 4 is 22.9 Å². The quantitative estimate of drug-likeness (QED) is 0.794. The number of para-hydroxylation sites is 1. The van der Waals surface area contributed by atoms with Gasteiger partial charge in [-0.1, -0.05) is 24.3 Å². The van der Waals surface area contributed by atoms with Crippen LogP contribution < -0.4 is 4.90 Å². The topological polar surface area (TPSA) is 20.3 Å². The van der Waals surface area contributed by atoms with Crippen molar-refractivity contribution in [1.82, 2.24) is 0 Å². The number of amides is 1. The van der Waals surface area contributed by atoms with Gasteiger partial charge in [-0.05, 0) is 29.5 Å². The van der Waals surface area contributed by atoms with Crippen molar-refractivity contribution in [3.63, 3.8) is 0 Å². The minimum absolute atomic E-state index is 0.206. The van der Waals surface area contributed by atoms with E-state index in [1.54, 1.807) is 11.3 Å². The average Bonchev–Trinajstić information content (AvgIpc) is 2.96. The zero-order valence-corrected chi connectivity index (χ0v) is 10.2. The Morgan fingerprint density at radius 2 is 2.12 bits per heavy atom. The predicted octanol–water partition coefficient (Wildman–Crippen LogP) is 2.88. The van der Waals surface area contributed by atoms with Crippen LogP contribution in [-0.2, 0) is 17.6 Å². The number of carbonyl (C=O) groups is 1. The smallest absolute Gasteiger partial charge is 0.232 e. The van der Waals surface area contributed by atoms with E-state index in [9.17, 15) is 4.79 Å². The molecule has 86 valence electrons. The lowest BCUT2D eigenvalue weighted by Crippen LogP contribution is -2.30. The molecule has 0 N–H and O–H groups in total. The van der Waals surface area contributed by atoms with Crippen molar-refractivity contribution in [3.8, 4) is 0 Å². The Bertz CT molecular complexity index is 533. The van der Waals surface area contributed by atoms with Gasteiger partial charge in [0.2, 0.25) is 5.91 Å². The number of anilines is 1. The highest BCUT2D eigenvalue weighted by Crippen LogP contribution is 2.28. The molecule has 0 atom stereocenters. The molecule has 3 rings (SSSR count). The average molecular weight is 243 g/mol. The maximum Gasteiger partial charge on any atom is 0.232 e. The molecular formula is C14H13NOS. The lowest BCUT2D eigenvalue weighted by molar-refractivity contribution is -0.117. The summed E-state index contributed by atoms with van der Waals surface area (Å²) in [4.78, 5) is 15.3. The van der Waals surface area contributed by atoms with Gasteiger partial charge in [0, 0.05) is 17.1 Å². The number of hydrogen-bond donors (Lipinski definition) is 0. The Morgan fingerprint density at radius 3 is 2.94 bits per heavy atom. The summed E-state index contributed by atoms with van der Waals surface area (Å²) in [6.07, 6.45) is 1.50. The first-order valence-electron chi connectivity index (χ1n) is 5.75. The molecule has 0 aliphatic carbocycles. The van der Waals surface area contributed by atoms with E-state index < -0.39 is 0 Å². The minimum atomic E-state index is 0.206. The van der Waals surface area contributed by atoms with Crippen LogP contribution in [0.1, 0.15) is 10.4 Å². The highest BCUT2D eigenvalue weighted by molar-refractivity contribution is 7.10. The number of carbonyl (C=O) groups excluding carboxylic acids is 1. The molecule has 1 aliphatic heterocycles. The van der Waals surface area contributed by atoms with Crippen LogP contribution in [0.4, 0.5) is 5.69 Å². The molecule has 1 aromatic heterocycles. The molecule has 1 amide bonds. The number of thiophene rings is 1. The Hall–Kier alpha value is -1.61. The van der Waals surface area contributed by atoms with E-state index >= 15 is 0 Å². The SMILES string of the molecule is O=C(Cc1cccs1)N1CCc2ccccc21. The van der Waals surface area contributed by atoms with Gasteiger partial charge in [-0.25, -0.2) is 0 Å². The second-order valence-electron chi connectivity index (χ2n) is 4.18. The van der Waals surface area contributed by atoms with Gasteiger partial charge >= 0.3 is 0 Å². The molecular weight excluding hydrogens is 230 g/mol. The third-order valence-corrected chi connectivity index (χ3v) is 3.97.